The van der Waals surface area contributed by atoms with E-state index >= 15 is 0 Å². The lowest BCUT2D eigenvalue weighted by Crippen LogP contribution is -2.46. The summed E-state index contributed by atoms with van der Waals surface area (Å²) in [6.45, 7) is 6.13. The van der Waals surface area contributed by atoms with Crippen LogP contribution in [0.4, 0.5) is 4.79 Å². The minimum Gasteiger partial charge on any atom is -0.480 e. The molecule has 0 saturated heterocycles. The van der Waals surface area contributed by atoms with Gasteiger partial charge in [-0.05, 0) is 34.1 Å². The molecule has 1 aliphatic carbocycles. The fourth-order valence-corrected chi connectivity index (χ4v) is 4.42. The van der Waals surface area contributed by atoms with Gasteiger partial charge in [-0.25, -0.2) is 9.59 Å². The summed E-state index contributed by atoms with van der Waals surface area (Å²) < 4.78 is 5.55. The Labute approximate surface area is 200 Å². The van der Waals surface area contributed by atoms with Crippen LogP contribution in [0.5, 0.6) is 0 Å². The SMILES string of the molecule is CCC(CNC(=O)OCC1c2ccccc2-c2ccccc21)CC(=O)NC(C(=O)O)C(C)CC. The molecule has 3 atom stereocenters. The summed E-state index contributed by atoms with van der Waals surface area (Å²) in [6, 6.07) is 15.4. The number of carbonyl (C=O) groups excluding carboxylic acids is 2. The lowest BCUT2D eigenvalue weighted by atomic mass is 9.97. The first kappa shape index (κ1) is 25.3. The van der Waals surface area contributed by atoms with E-state index < -0.39 is 18.1 Å². The van der Waals surface area contributed by atoms with Crippen LogP contribution in [0.15, 0.2) is 48.5 Å². The number of carbonyl (C=O) groups is 3. The average Bonchev–Trinajstić information content (AvgIpc) is 3.16. The van der Waals surface area contributed by atoms with Crippen molar-refractivity contribution < 1.29 is 24.2 Å². The highest BCUT2D eigenvalue weighted by Gasteiger charge is 2.29. The van der Waals surface area contributed by atoms with Crippen LogP contribution in [-0.2, 0) is 14.3 Å². The molecule has 3 rings (SSSR count). The number of fused-ring (bicyclic) bond motifs is 3. The molecule has 2 aromatic carbocycles. The number of aliphatic carboxylic acids is 1. The van der Waals surface area contributed by atoms with Crippen molar-refractivity contribution in [3.63, 3.8) is 0 Å². The Morgan fingerprint density at radius 2 is 1.56 bits per heavy atom. The number of benzene rings is 2. The maximum Gasteiger partial charge on any atom is 0.407 e. The van der Waals surface area contributed by atoms with Crippen molar-refractivity contribution in [2.45, 2.75) is 52.0 Å². The number of nitrogens with one attached hydrogen (secondary N) is 2. The minimum absolute atomic E-state index is 0.0144. The van der Waals surface area contributed by atoms with E-state index in [1.54, 1.807) is 6.92 Å². The molecule has 3 N–H and O–H groups in total. The zero-order valence-corrected chi connectivity index (χ0v) is 20.0. The average molecular weight is 467 g/mol. The van der Waals surface area contributed by atoms with Crippen molar-refractivity contribution in [3.8, 4) is 11.1 Å². The number of ether oxygens (including phenoxy) is 1. The number of amides is 2. The molecule has 2 amide bonds. The number of alkyl carbamates (subject to hydrolysis) is 1. The third-order valence-corrected chi connectivity index (χ3v) is 6.73. The summed E-state index contributed by atoms with van der Waals surface area (Å²) in [7, 11) is 0. The normalized spacial score (nSPS) is 14.9. The third kappa shape index (κ3) is 5.95. The summed E-state index contributed by atoms with van der Waals surface area (Å²) in [5, 5.41) is 14.8. The summed E-state index contributed by atoms with van der Waals surface area (Å²) in [6.07, 6.45) is 0.930. The standard InChI is InChI=1S/C27H34N2O5/c1-4-17(3)25(26(31)32)29-24(30)14-18(5-2)15-28-27(33)34-16-23-21-12-8-6-10-19(21)20-11-7-9-13-22(20)23/h6-13,17-18,23,25H,4-5,14-16H2,1-3H3,(H,28,33)(H,29,30)(H,31,32). The number of carboxylic acid groups (broad SMARTS) is 1. The summed E-state index contributed by atoms with van der Waals surface area (Å²) >= 11 is 0. The van der Waals surface area contributed by atoms with Crippen molar-refractivity contribution in [1.29, 1.82) is 0 Å². The molecule has 7 heteroatoms. The van der Waals surface area contributed by atoms with Crippen LogP contribution in [0, 0.1) is 11.8 Å². The van der Waals surface area contributed by atoms with Gasteiger partial charge in [-0.1, -0.05) is 82.1 Å². The highest BCUT2D eigenvalue weighted by atomic mass is 16.5. The molecule has 2 aromatic rings. The molecular weight excluding hydrogens is 432 g/mol. The fraction of sp³-hybridized carbons (Fsp3) is 0.444. The zero-order valence-electron chi connectivity index (χ0n) is 20.0. The Morgan fingerprint density at radius 1 is 0.971 bits per heavy atom. The van der Waals surface area contributed by atoms with Crippen molar-refractivity contribution >= 4 is 18.0 Å². The zero-order chi connectivity index (χ0) is 24.7. The van der Waals surface area contributed by atoms with E-state index in [-0.39, 0.29) is 43.2 Å². The van der Waals surface area contributed by atoms with E-state index in [4.69, 9.17) is 4.74 Å². The molecule has 0 aromatic heterocycles. The van der Waals surface area contributed by atoms with Gasteiger partial charge in [0.1, 0.15) is 12.6 Å². The van der Waals surface area contributed by atoms with Gasteiger partial charge in [0.05, 0.1) is 0 Å². The van der Waals surface area contributed by atoms with Crippen LogP contribution in [0.3, 0.4) is 0 Å². The molecule has 0 aliphatic heterocycles. The highest BCUT2D eigenvalue weighted by molar-refractivity contribution is 5.84. The van der Waals surface area contributed by atoms with Gasteiger partial charge in [0.2, 0.25) is 5.91 Å². The molecule has 34 heavy (non-hydrogen) atoms. The van der Waals surface area contributed by atoms with Gasteiger partial charge >= 0.3 is 12.1 Å². The Bertz CT molecular complexity index is 976. The maximum absolute atomic E-state index is 12.4. The highest BCUT2D eigenvalue weighted by Crippen LogP contribution is 2.44. The molecule has 0 radical (unpaired) electrons. The predicted molar refractivity (Wildman–Crippen MR) is 130 cm³/mol. The predicted octanol–water partition coefficient (Wildman–Crippen LogP) is 4.56. The molecule has 3 unspecified atom stereocenters. The van der Waals surface area contributed by atoms with E-state index in [1.165, 1.54) is 11.1 Å². The van der Waals surface area contributed by atoms with Gasteiger partial charge in [0.15, 0.2) is 0 Å². The van der Waals surface area contributed by atoms with E-state index in [2.05, 4.69) is 34.9 Å². The monoisotopic (exact) mass is 466 g/mol. The smallest absolute Gasteiger partial charge is 0.407 e. The molecular formula is C27H34N2O5. The van der Waals surface area contributed by atoms with E-state index in [0.717, 1.165) is 11.1 Å². The van der Waals surface area contributed by atoms with Gasteiger partial charge in [-0.2, -0.15) is 0 Å². The molecule has 1 aliphatic rings. The van der Waals surface area contributed by atoms with Crippen molar-refractivity contribution in [2.24, 2.45) is 11.8 Å². The summed E-state index contributed by atoms with van der Waals surface area (Å²) in [5.41, 5.74) is 4.63. The first-order chi connectivity index (χ1) is 16.3. The van der Waals surface area contributed by atoms with Crippen LogP contribution in [-0.4, -0.2) is 42.3 Å². The van der Waals surface area contributed by atoms with Gasteiger partial charge in [0, 0.05) is 18.9 Å². The lowest BCUT2D eigenvalue weighted by Gasteiger charge is -2.22. The van der Waals surface area contributed by atoms with Gasteiger partial charge < -0.3 is 20.5 Å². The first-order valence-corrected chi connectivity index (χ1v) is 12.0. The fourth-order valence-electron chi connectivity index (χ4n) is 4.42. The molecule has 0 spiro atoms. The van der Waals surface area contributed by atoms with E-state index in [9.17, 15) is 19.5 Å². The van der Waals surface area contributed by atoms with Crippen LogP contribution in [0.25, 0.3) is 11.1 Å². The molecule has 0 bridgehead atoms. The number of rotatable bonds is 11. The first-order valence-electron chi connectivity index (χ1n) is 12.0. The van der Waals surface area contributed by atoms with Crippen LogP contribution in [0.2, 0.25) is 0 Å². The molecule has 0 fully saturated rings. The van der Waals surface area contributed by atoms with E-state index in [1.807, 2.05) is 38.1 Å². The van der Waals surface area contributed by atoms with Gasteiger partial charge in [0.25, 0.3) is 0 Å². The Kier molecular flexibility index (Phi) is 8.68. The summed E-state index contributed by atoms with van der Waals surface area (Å²) in [4.78, 5) is 36.3. The third-order valence-electron chi connectivity index (χ3n) is 6.73. The van der Waals surface area contributed by atoms with Crippen molar-refractivity contribution in [2.75, 3.05) is 13.2 Å². The second-order valence-electron chi connectivity index (χ2n) is 8.95. The van der Waals surface area contributed by atoms with E-state index in [0.29, 0.717) is 12.8 Å². The van der Waals surface area contributed by atoms with Crippen LogP contribution in [0.1, 0.15) is 57.1 Å². The Hall–Kier alpha value is -3.35. The quantitative estimate of drug-likeness (QED) is 0.450. The lowest BCUT2D eigenvalue weighted by molar-refractivity contribution is -0.143. The van der Waals surface area contributed by atoms with Gasteiger partial charge in [-0.3, -0.25) is 4.79 Å². The molecule has 0 heterocycles. The number of carboxylic acids is 1. The van der Waals surface area contributed by atoms with Crippen molar-refractivity contribution in [1.82, 2.24) is 10.6 Å². The minimum atomic E-state index is -1.03. The Morgan fingerprint density at radius 3 is 2.09 bits per heavy atom. The molecule has 182 valence electrons. The van der Waals surface area contributed by atoms with Gasteiger partial charge in [-0.15, -0.1) is 0 Å². The number of hydrogen-bond acceptors (Lipinski definition) is 4. The van der Waals surface area contributed by atoms with Crippen LogP contribution >= 0.6 is 0 Å². The largest absolute Gasteiger partial charge is 0.480 e. The molecule has 7 nitrogen and oxygen atoms in total. The summed E-state index contributed by atoms with van der Waals surface area (Å²) in [5.74, 6) is -1.66. The Balaban J connectivity index is 1.51. The second kappa shape index (κ2) is 11.7. The topological polar surface area (TPSA) is 105 Å². The second-order valence-corrected chi connectivity index (χ2v) is 8.95. The van der Waals surface area contributed by atoms with Crippen LogP contribution < -0.4 is 10.6 Å². The van der Waals surface area contributed by atoms with Crippen molar-refractivity contribution in [3.05, 3.63) is 59.7 Å². The molecule has 0 saturated carbocycles. The maximum atomic E-state index is 12.4. The number of hydrogen-bond donors (Lipinski definition) is 3.